The van der Waals surface area contributed by atoms with E-state index in [4.69, 9.17) is 5.11 Å². The zero-order chi connectivity index (χ0) is 18.8. The molecule has 0 spiro atoms. The van der Waals surface area contributed by atoms with E-state index in [2.05, 4.69) is 0 Å². The number of aliphatic carboxylic acids is 1. The summed E-state index contributed by atoms with van der Waals surface area (Å²) in [6.07, 6.45) is 1.92. The van der Waals surface area contributed by atoms with Gasteiger partial charge in [-0.2, -0.15) is 0 Å². The predicted octanol–water partition coefficient (Wildman–Crippen LogP) is 2.21. The fraction of sp³-hybridized carbons (Fsp3) is 0.632. The van der Waals surface area contributed by atoms with Crippen molar-refractivity contribution in [2.45, 2.75) is 70.7 Å². The normalized spacial score (nSPS) is 14.9. The molecule has 1 rings (SSSR count). The maximum Gasteiger partial charge on any atom is 0.306 e. The largest absolute Gasteiger partial charge is 0.508 e. The molecule has 0 aliphatic carbocycles. The van der Waals surface area contributed by atoms with Crippen LogP contribution in [0, 0.1) is 5.92 Å². The smallest absolute Gasteiger partial charge is 0.306 e. The number of aryl methyl sites for hydroxylation is 1. The molecule has 25 heavy (non-hydrogen) atoms. The van der Waals surface area contributed by atoms with Gasteiger partial charge >= 0.3 is 5.97 Å². The highest BCUT2D eigenvalue weighted by molar-refractivity contribution is 5.69. The molecule has 0 aromatic heterocycles. The average molecular weight is 354 g/mol. The van der Waals surface area contributed by atoms with Crippen LogP contribution in [0.4, 0.5) is 0 Å². The number of rotatable bonds is 12. The molecule has 3 unspecified atom stereocenters. The van der Waals surface area contributed by atoms with E-state index in [9.17, 15) is 25.2 Å². The van der Waals surface area contributed by atoms with Crippen LogP contribution in [0.2, 0.25) is 0 Å². The van der Waals surface area contributed by atoms with E-state index in [0.29, 0.717) is 24.8 Å². The second-order valence-corrected chi connectivity index (χ2v) is 6.62. The lowest BCUT2D eigenvalue weighted by molar-refractivity contribution is -0.143. The Balaban J connectivity index is 2.44. The first-order valence-electron chi connectivity index (χ1n) is 8.87. The highest BCUT2D eigenvalue weighted by atomic mass is 16.4. The Morgan fingerprint density at radius 2 is 1.84 bits per heavy atom. The van der Waals surface area contributed by atoms with E-state index in [-0.39, 0.29) is 25.2 Å². The second-order valence-electron chi connectivity index (χ2n) is 6.62. The minimum absolute atomic E-state index is 0.0361. The van der Waals surface area contributed by atoms with Gasteiger partial charge in [-0.05, 0) is 49.8 Å². The van der Waals surface area contributed by atoms with Crippen molar-refractivity contribution in [1.29, 1.82) is 0 Å². The summed E-state index contributed by atoms with van der Waals surface area (Å²) in [6.45, 7) is 1.74. The number of aliphatic hydroxyl groups excluding tert-OH is 3. The molecule has 0 saturated heterocycles. The summed E-state index contributed by atoms with van der Waals surface area (Å²) < 4.78 is 0. The molecular weight excluding hydrogens is 324 g/mol. The van der Waals surface area contributed by atoms with Gasteiger partial charge in [0, 0.05) is 5.56 Å². The third-order valence-electron chi connectivity index (χ3n) is 4.44. The van der Waals surface area contributed by atoms with Gasteiger partial charge in [-0.1, -0.05) is 25.8 Å². The molecule has 0 heterocycles. The molecule has 0 aliphatic heterocycles. The van der Waals surface area contributed by atoms with Crippen LogP contribution >= 0.6 is 0 Å². The lowest BCUT2D eigenvalue weighted by atomic mass is 9.92. The molecule has 0 bridgehead atoms. The molecule has 6 nitrogen and oxygen atoms in total. The molecule has 0 amide bonds. The van der Waals surface area contributed by atoms with Crippen LogP contribution in [-0.2, 0) is 17.8 Å². The van der Waals surface area contributed by atoms with Gasteiger partial charge < -0.3 is 25.5 Å². The molecule has 6 heteroatoms. The molecule has 0 fully saturated rings. The van der Waals surface area contributed by atoms with E-state index in [1.807, 2.05) is 6.92 Å². The monoisotopic (exact) mass is 354 g/mol. The first kappa shape index (κ1) is 21.4. The Bertz CT molecular complexity index is 531. The average Bonchev–Trinajstić information content (AvgIpc) is 2.57. The standard InChI is InChI=1S/C19H30O6/c1-2-3-4-14(19(24)25)10-17(22)11-16(21)7-5-13-6-8-18(23)15(9-13)12-20/h6,8-9,14,16-17,20-23H,2-5,7,10-12H2,1H3,(H,24,25). The third-order valence-corrected chi connectivity index (χ3v) is 4.44. The summed E-state index contributed by atoms with van der Waals surface area (Å²) in [5.41, 5.74) is 1.31. The number of unbranched alkanes of at least 4 members (excludes halogenated alkanes) is 1. The molecule has 5 N–H and O–H groups in total. The van der Waals surface area contributed by atoms with E-state index < -0.39 is 24.1 Å². The number of hydrogen-bond acceptors (Lipinski definition) is 5. The van der Waals surface area contributed by atoms with Crippen LogP contribution in [0.15, 0.2) is 18.2 Å². The Morgan fingerprint density at radius 3 is 2.44 bits per heavy atom. The SMILES string of the molecule is CCCCC(CC(O)CC(O)CCc1ccc(O)c(CO)c1)C(=O)O. The van der Waals surface area contributed by atoms with Gasteiger partial charge in [-0.3, -0.25) is 4.79 Å². The van der Waals surface area contributed by atoms with Crippen molar-refractivity contribution in [2.24, 2.45) is 5.92 Å². The summed E-state index contributed by atoms with van der Waals surface area (Å²) >= 11 is 0. The molecular formula is C19H30O6. The number of carbonyl (C=O) groups is 1. The Kier molecular flexibility index (Phi) is 9.49. The topological polar surface area (TPSA) is 118 Å². The highest BCUT2D eigenvalue weighted by Gasteiger charge is 2.22. The van der Waals surface area contributed by atoms with Crippen molar-refractivity contribution in [3.05, 3.63) is 29.3 Å². The van der Waals surface area contributed by atoms with Crippen molar-refractivity contribution >= 4 is 5.97 Å². The molecule has 0 aliphatic rings. The summed E-state index contributed by atoms with van der Waals surface area (Å²) in [5, 5.41) is 48.0. The molecule has 0 radical (unpaired) electrons. The van der Waals surface area contributed by atoms with Gasteiger partial charge in [0.05, 0.1) is 24.7 Å². The summed E-state index contributed by atoms with van der Waals surface area (Å²) in [7, 11) is 0. The van der Waals surface area contributed by atoms with Crippen molar-refractivity contribution in [1.82, 2.24) is 0 Å². The van der Waals surface area contributed by atoms with E-state index in [0.717, 1.165) is 18.4 Å². The van der Waals surface area contributed by atoms with Crippen molar-refractivity contribution in [2.75, 3.05) is 0 Å². The minimum atomic E-state index is -0.900. The zero-order valence-electron chi connectivity index (χ0n) is 14.8. The quantitative estimate of drug-likeness (QED) is 0.393. The van der Waals surface area contributed by atoms with Gasteiger partial charge in [0.15, 0.2) is 0 Å². The van der Waals surface area contributed by atoms with Crippen molar-refractivity contribution < 1.29 is 30.3 Å². The van der Waals surface area contributed by atoms with Crippen LogP contribution in [0.1, 0.15) is 56.6 Å². The van der Waals surface area contributed by atoms with E-state index in [1.54, 1.807) is 12.1 Å². The maximum atomic E-state index is 11.2. The fourth-order valence-electron chi connectivity index (χ4n) is 2.90. The number of aromatic hydroxyl groups is 1. The number of benzene rings is 1. The molecule has 142 valence electrons. The number of carboxylic acid groups (broad SMARTS) is 1. The minimum Gasteiger partial charge on any atom is -0.508 e. The predicted molar refractivity (Wildman–Crippen MR) is 94.2 cm³/mol. The fourth-order valence-corrected chi connectivity index (χ4v) is 2.90. The Morgan fingerprint density at radius 1 is 1.12 bits per heavy atom. The van der Waals surface area contributed by atoms with Crippen molar-refractivity contribution in [3.63, 3.8) is 0 Å². The summed E-state index contributed by atoms with van der Waals surface area (Å²) in [4.78, 5) is 11.2. The van der Waals surface area contributed by atoms with Crippen LogP contribution < -0.4 is 0 Å². The van der Waals surface area contributed by atoms with E-state index in [1.165, 1.54) is 6.07 Å². The number of phenols is 1. The first-order valence-corrected chi connectivity index (χ1v) is 8.87. The van der Waals surface area contributed by atoms with Crippen LogP contribution in [0.5, 0.6) is 5.75 Å². The maximum absolute atomic E-state index is 11.2. The van der Waals surface area contributed by atoms with Gasteiger partial charge in [0.1, 0.15) is 5.75 Å². The highest BCUT2D eigenvalue weighted by Crippen LogP contribution is 2.21. The van der Waals surface area contributed by atoms with Gasteiger partial charge in [0.25, 0.3) is 0 Å². The second kappa shape index (κ2) is 11.1. The Hall–Kier alpha value is -1.63. The van der Waals surface area contributed by atoms with Gasteiger partial charge in [-0.15, -0.1) is 0 Å². The van der Waals surface area contributed by atoms with E-state index >= 15 is 0 Å². The van der Waals surface area contributed by atoms with Gasteiger partial charge in [0.2, 0.25) is 0 Å². The number of carboxylic acids is 1. The molecule has 3 atom stereocenters. The van der Waals surface area contributed by atoms with Crippen LogP contribution in [-0.4, -0.2) is 43.7 Å². The van der Waals surface area contributed by atoms with Crippen molar-refractivity contribution in [3.8, 4) is 5.75 Å². The summed E-state index contributed by atoms with van der Waals surface area (Å²) in [5.74, 6) is -1.44. The lowest BCUT2D eigenvalue weighted by Gasteiger charge is -2.19. The lowest BCUT2D eigenvalue weighted by Crippen LogP contribution is -2.25. The Labute approximate surface area is 148 Å². The van der Waals surface area contributed by atoms with Gasteiger partial charge in [-0.25, -0.2) is 0 Å². The molecule has 1 aromatic carbocycles. The first-order chi connectivity index (χ1) is 11.9. The zero-order valence-corrected chi connectivity index (χ0v) is 14.8. The van der Waals surface area contributed by atoms with Crippen LogP contribution in [0.25, 0.3) is 0 Å². The third kappa shape index (κ3) is 7.86. The van der Waals surface area contributed by atoms with Crippen LogP contribution in [0.3, 0.4) is 0 Å². The molecule has 0 saturated carbocycles. The number of hydrogen-bond donors (Lipinski definition) is 5. The number of aliphatic hydroxyl groups is 3. The summed E-state index contributed by atoms with van der Waals surface area (Å²) in [6, 6.07) is 4.92. The molecule has 1 aromatic rings.